The zero-order valence-electron chi connectivity index (χ0n) is 13.3. The Morgan fingerprint density at radius 2 is 1.92 bits per heavy atom. The van der Waals surface area contributed by atoms with Gasteiger partial charge in [-0.3, -0.25) is 0 Å². The van der Waals surface area contributed by atoms with Gasteiger partial charge in [0.1, 0.15) is 11.4 Å². The van der Waals surface area contributed by atoms with E-state index >= 15 is 0 Å². The Balaban J connectivity index is 2.07. The first-order valence-corrected chi connectivity index (χ1v) is 8.23. The van der Waals surface area contributed by atoms with Crippen LogP contribution in [0.25, 0.3) is 5.65 Å². The second-order valence-corrected chi connectivity index (χ2v) is 6.42. The number of alkyl halides is 5. The van der Waals surface area contributed by atoms with Crippen LogP contribution in [0.5, 0.6) is 5.75 Å². The zero-order chi connectivity index (χ0) is 19.1. The van der Waals surface area contributed by atoms with E-state index in [4.69, 9.17) is 0 Å². The second-order valence-electron chi connectivity index (χ2n) is 5.57. The van der Waals surface area contributed by atoms with Crippen molar-refractivity contribution in [1.29, 1.82) is 0 Å². The minimum atomic E-state index is -4.52. The average Bonchev–Trinajstić information content (AvgIpc) is 2.82. The highest BCUT2D eigenvalue weighted by molar-refractivity contribution is 9.10. The predicted octanol–water partition coefficient (Wildman–Crippen LogP) is 5.62. The van der Waals surface area contributed by atoms with Crippen LogP contribution >= 0.6 is 15.9 Å². The molecule has 0 aliphatic carbocycles. The number of pyridine rings is 1. The number of nitrogens with zero attached hydrogens (tertiary/aromatic N) is 2. The summed E-state index contributed by atoms with van der Waals surface area (Å²) in [6, 6.07) is 7.22. The van der Waals surface area contributed by atoms with Crippen LogP contribution in [0.1, 0.15) is 22.5 Å². The molecule has 26 heavy (non-hydrogen) atoms. The maximum atomic E-state index is 13.1. The van der Waals surface area contributed by atoms with Crippen molar-refractivity contribution in [3.05, 3.63) is 63.5 Å². The number of fused-ring (bicyclic) bond motifs is 1. The SMILES string of the molecule is Cc1nc2cc(C(F)(F)F)c(Br)cn2c1Cc1ccccc1OC(F)F. The van der Waals surface area contributed by atoms with Crippen LogP contribution in [0.4, 0.5) is 22.0 Å². The smallest absolute Gasteiger partial charge is 0.417 e. The van der Waals surface area contributed by atoms with E-state index in [9.17, 15) is 22.0 Å². The number of halogens is 6. The van der Waals surface area contributed by atoms with Gasteiger partial charge in [0, 0.05) is 28.3 Å². The standard InChI is InChI=1S/C17H12BrF5N2O/c1-9-13(6-10-4-2-3-5-14(10)26-16(19)20)25-8-12(18)11(17(21,22)23)7-15(25)24-9/h2-5,7-8,16H,6H2,1H3. The van der Waals surface area contributed by atoms with Crippen LogP contribution in [0.3, 0.4) is 0 Å². The first kappa shape index (κ1) is 18.6. The molecule has 0 fully saturated rings. The molecule has 3 aromatic rings. The fraction of sp³-hybridized carbons (Fsp3) is 0.235. The van der Waals surface area contributed by atoms with Crippen molar-refractivity contribution in [2.45, 2.75) is 26.1 Å². The van der Waals surface area contributed by atoms with Crippen molar-refractivity contribution in [1.82, 2.24) is 9.38 Å². The summed E-state index contributed by atoms with van der Waals surface area (Å²) in [6.07, 6.45) is -3.06. The van der Waals surface area contributed by atoms with Gasteiger partial charge in [-0.25, -0.2) is 4.98 Å². The molecule has 0 unspecified atom stereocenters. The first-order chi connectivity index (χ1) is 12.2. The lowest BCUT2D eigenvalue weighted by Gasteiger charge is -2.12. The number of hydrogen-bond acceptors (Lipinski definition) is 2. The molecule has 2 aromatic heterocycles. The number of benzene rings is 1. The fourth-order valence-corrected chi connectivity index (χ4v) is 3.25. The fourth-order valence-electron chi connectivity index (χ4n) is 2.70. The summed E-state index contributed by atoms with van der Waals surface area (Å²) in [7, 11) is 0. The van der Waals surface area contributed by atoms with E-state index in [2.05, 4.69) is 25.7 Å². The molecule has 0 aliphatic heterocycles. The number of para-hydroxylation sites is 1. The Labute approximate surface area is 153 Å². The Hall–Kier alpha value is -2.16. The minimum Gasteiger partial charge on any atom is -0.435 e. The second kappa shape index (κ2) is 6.86. The third-order valence-corrected chi connectivity index (χ3v) is 4.49. The van der Waals surface area contributed by atoms with Gasteiger partial charge in [0.2, 0.25) is 0 Å². The van der Waals surface area contributed by atoms with E-state index in [1.165, 1.54) is 16.7 Å². The summed E-state index contributed by atoms with van der Waals surface area (Å²) < 4.78 is 70.2. The van der Waals surface area contributed by atoms with Crippen LogP contribution in [-0.2, 0) is 12.6 Å². The van der Waals surface area contributed by atoms with Crippen molar-refractivity contribution in [3.63, 3.8) is 0 Å². The molecule has 0 spiro atoms. The molecule has 0 bridgehead atoms. The van der Waals surface area contributed by atoms with E-state index in [-0.39, 0.29) is 22.3 Å². The molecule has 2 heterocycles. The Morgan fingerprint density at radius 3 is 2.58 bits per heavy atom. The Bertz CT molecular complexity index is 952. The van der Waals surface area contributed by atoms with Crippen molar-refractivity contribution >= 4 is 21.6 Å². The van der Waals surface area contributed by atoms with E-state index < -0.39 is 18.4 Å². The number of aromatic nitrogens is 2. The van der Waals surface area contributed by atoms with Gasteiger partial charge >= 0.3 is 12.8 Å². The molecule has 0 atom stereocenters. The van der Waals surface area contributed by atoms with Gasteiger partial charge in [0.05, 0.1) is 11.3 Å². The summed E-state index contributed by atoms with van der Waals surface area (Å²) >= 11 is 2.94. The lowest BCUT2D eigenvalue weighted by Crippen LogP contribution is -2.08. The van der Waals surface area contributed by atoms with E-state index in [0.29, 0.717) is 17.0 Å². The molecular weight excluding hydrogens is 423 g/mol. The van der Waals surface area contributed by atoms with E-state index in [0.717, 1.165) is 6.07 Å². The van der Waals surface area contributed by atoms with Crippen LogP contribution < -0.4 is 4.74 Å². The highest BCUT2D eigenvalue weighted by Gasteiger charge is 2.34. The van der Waals surface area contributed by atoms with Crippen molar-refractivity contribution < 1.29 is 26.7 Å². The maximum Gasteiger partial charge on any atom is 0.417 e. The molecule has 0 aliphatic rings. The van der Waals surface area contributed by atoms with Gasteiger partial charge in [-0.05, 0) is 35.0 Å². The normalized spacial score (nSPS) is 12.2. The van der Waals surface area contributed by atoms with Crippen LogP contribution in [0, 0.1) is 6.92 Å². The highest BCUT2D eigenvalue weighted by Crippen LogP contribution is 2.36. The molecule has 138 valence electrons. The van der Waals surface area contributed by atoms with Crippen LogP contribution in [0.15, 0.2) is 41.0 Å². The molecule has 1 aromatic carbocycles. The van der Waals surface area contributed by atoms with Crippen LogP contribution in [0.2, 0.25) is 0 Å². The number of rotatable bonds is 4. The van der Waals surface area contributed by atoms with E-state index in [1.807, 2.05) is 0 Å². The third-order valence-electron chi connectivity index (χ3n) is 3.86. The Morgan fingerprint density at radius 1 is 1.23 bits per heavy atom. The largest absolute Gasteiger partial charge is 0.435 e. The predicted molar refractivity (Wildman–Crippen MR) is 88.5 cm³/mol. The van der Waals surface area contributed by atoms with Crippen LogP contribution in [-0.4, -0.2) is 16.0 Å². The third kappa shape index (κ3) is 3.67. The number of hydrogen-bond donors (Lipinski definition) is 0. The van der Waals surface area contributed by atoms with Crippen molar-refractivity contribution in [2.75, 3.05) is 0 Å². The summed E-state index contributed by atoms with van der Waals surface area (Å²) in [6.45, 7) is -1.32. The highest BCUT2D eigenvalue weighted by atomic mass is 79.9. The van der Waals surface area contributed by atoms with Gasteiger partial charge < -0.3 is 9.14 Å². The van der Waals surface area contributed by atoms with Gasteiger partial charge in [-0.15, -0.1) is 0 Å². The zero-order valence-corrected chi connectivity index (χ0v) is 14.9. The molecule has 0 saturated heterocycles. The van der Waals surface area contributed by atoms with Crippen molar-refractivity contribution in [2.24, 2.45) is 0 Å². The molecule has 0 amide bonds. The van der Waals surface area contributed by atoms with Gasteiger partial charge in [0.25, 0.3) is 0 Å². The molecule has 3 nitrogen and oxygen atoms in total. The minimum absolute atomic E-state index is 0.0165. The summed E-state index contributed by atoms with van der Waals surface area (Å²) in [5, 5.41) is 0. The summed E-state index contributed by atoms with van der Waals surface area (Å²) in [5.74, 6) is 0.0165. The first-order valence-electron chi connectivity index (χ1n) is 7.44. The average molecular weight is 435 g/mol. The summed E-state index contributed by atoms with van der Waals surface area (Å²) in [4.78, 5) is 4.17. The topological polar surface area (TPSA) is 26.5 Å². The van der Waals surface area contributed by atoms with Gasteiger partial charge in [-0.2, -0.15) is 22.0 Å². The quantitative estimate of drug-likeness (QED) is 0.498. The molecule has 0 N–H and O–H groups in total. The number of imidazole rings is 1. The van der Waals surface area contributed by atoms with E-state index in [1.54, 1.807) is 25.1 Å². The Kier molecular flexibility index (Phi) is 4.92. The molecular formula is C17H12BrF5N2O. The summed E-state index contributed by atoms with van der Waals surface area (Å²) in [5.41, 5.74) is 0.861. The monoisotopic (exact) mass is 434 g/mol. The molecule has 9 heteroatoms. The molecule has 3 rings (SSSR count). The van der Waals surface area contributed by atoms with Gasteiger partial charge in [0.15, 0.2) is 0 Å². The maximum absolute atomic E-state index is 13.1. The molecule has 0 radical (unpaired) electrons. The number of aryl methyl sites for hydroxylation is 1. The van der Waals surface area contributed by atoms with Crippen molar-refractivity contribution in [3.8, 4) is 5.75 Å². The lowest BCUT2D eigenvalue weighted by atomic mass is 10.1. The lowest BCUT2D eigenvalue weighted by molar-refractivity contribution is -0.138. The molecule has 0 saturated carbocycles. The van der Waals surface area contributed by atoms with Gasteiger partial charge in [-0.1, -0.05) is 18.2 Å². The number of ether oxygens (including phenoxy) is 1.